The van der Waals surface area contributed by atoms with Gasteiger partial charge in [-0.2, -0.15) is 5.26 Å². The lowest BCUT2D eigenvalue weighted by Gasteiger charge is -2.12. The highest BCUT2D eigenvalue weighted by Gasteiger charge is 2.60. The van der Waals surface area contributed by atoms with Gasteiger partial charge in [-0.3, -0.25) is 0 Å². The molecule has 1 aromatic carbocycles. The van der Waals surface area contributed by atoms with Crippen LogP contribution in [0, 0.1) is 28.6 Å². The molecule has 2 saturated carbocycles. The molecule has 3 atom stereocenters. The van der Waals surface area contributed by atoms with Crippen molar-refractivity contribution in [2.75, 3.05) is 7.11 Å². The molecule has 0 spiro atoms. The molecule has 0 aromatic heterocycles. The van der Waals surface area contributed by atoms with Gasteiger partial charge in [-0.1, -0.05) is 12.1 Å². The van der Waals surface area contributed by atoms with E-state index in [0.717, 1.165) is 25.0 Å². The number of benzene rings is 1. The molecule has 0 N–H and O–H groups in total. The van der Waals surface area contributed by atoms with Crippen LogP contribution in [0.25, 0.3) is 0 Å². The predicted molar refractivity (Wildman–Crippen MR) is 65.6 cm³/mol. The van der Waals surface area contributed by atoms with E-state index in [-0.39, 0.29) is 5.41 Å². The van der Waals surface area contributed by atoms with Crippen molar-refractivity contribution in [1.29, 1.82) is 5.26 Å². The van der Waals surface area contributed by atoms with Crippen molar-refractivity contribution < 1.29 is 4.74 Å². The zero-order valence-electron chi connectivity index (χ0n) is 10.1. The Hall–Kier alpha value is -1.49. The topological polar surface area (TPSA) is 33.0 Å². The molecule has 88 valence electrons. The first kappa shape index (κ1) is 10.7. The van der Waals surface area contributed by atoms with Crippen LogP contribution >= 0.6 is 0 Å². The van der Waals surface area contributed by atoms with Crippen LogP contribution in [0.2, 0.25) is 0 Å². The molecule has 2 aliphatic carbocycles. The Morgan fingerprint density at radius 1 is 1.35 bits per heavy atom. The van der Waals surface area contributed by atoms with Crippen LogP contribution in [-0.4, -0.2) is 7.11 Å². The van der Waals surface area contributed by atoms with Crippen LogP contribution in [0.1, 0.15) is 24.8 Å². The van der Waals surface area contributed by atoms with Crippen molar-refractivity contribution in [2.45, 2.75) is 25.7 Å². The summed E-state index contributed by atoms with van der Waals surface area (Å²) in [5, 5.41) is 9.15. The molecule has 2 heteroatoms. The Kier molecular flexibility index (Phi) is 2.36. The minimum Gasteiger partial charge on any atom is -0.497 e. The third-order valence-electron chi connectivity index (χ3n) is 4.41. The van der Waals surface area contributed by atoms with E-state index < -0.39 is 0 Å². The van der Waals surface area contributed by atoms with E-state index >= 15 is 0 Å². The van der Waals surface area contributed by atoms with Gasteiger partial charge in [0.1, 0.15) is 5.75 Å². The monoisotopic (exact) mass is 227 g/mol. The number of fused-ring (bicyclic) bond motifs is 1. The molecule has 0 heterocycles. The van der Waals surface area contributed by atoms with Crippen molar-refractivity contribution in [2.24, 2.45) is 17.3 Å². The van der Waals surface area contributed by atoms with E-state index in [9.17, 15) is 0 Å². The van der Waals surface area contributed by atoms with E-state index in [0.29, 0.717) is 11.8 Å². The standard InChI is InChI=1S/C15H17NO/c1-17-14-4-2-11(3-5-14)6-12-7-13-9-15(13,8-12)10-16/h2-5,12-13H,6-9H2,1H3. The van der Waals surface area contributed by atoms with Gasteiger partial charge < -0.3 is 4.74 Å². The summed E-state index contributed by atoms with van der Waals surface area (Å²) in [6.45, 7) is 0. The zero-order chi connectivity index (χ0) is 11.9. The lowest BCUT2D eigenvalue weighted by molar-refractivity contribution is 0.414. The molecule has 2 nitrogen and oxygen atoms in total. The second-order valence-corrected chi connectivity index (χ2v) is 5.53. The second-order valence-electron chi connectivity index (χ2n) is 5.53. The molecule has 1 aromatic rings. The summed E-state index contributed by atoms with van der Waals surface area (Å²) < 4.78 is 5.15. The molecule has 0 radical (unpaired) electrons. The molecular weight excluding hydrogens is 210 g/mol. The van der Waals surface area contributed by atoms with Gasteiger partial charge in [0.15, 0.2) is 0 Å². The largest absolute Gasteiger partial charge is 0.497 e. The maximum absolute atomic E-state index is 9.15. The first-order valence-electron chi connectivity index (χ1n) is 6.30. The van der Waals surface area contributed by atoms with Crippen molar-refractivity contribution in [3.63, 3.8) is 0 Å². The molecule has 0 bridgehead atoms. The lowest BCUT2D eigenvalue weighted by atomic mass is 9.92. The fraction of sp³-hybridized carbons (Fsp3) is 0.533. The minimum atomic E-state index is 0.0805. The fourth-order valence-electron chi connectivity index (χ4n) is 3.37. The fourth-order valence-corrected chi connectivity index (χ4v) is 3.37. The Balaban J connectivity index is 1.63. The van der Waals surface area contributed by atoms with Gasteiger partial charge in [-0.15, -0.1) is 0 Å². The minimum absolute atomic E-state index is 0.0805. The van der Waals surface area contributed by atoms with E-state index in [4.69, 9.17) is 10.00 Å². The van der Waals surface area contributed by atoms with Gasteiger partial charge in [0.05, 0.1) is 18.6 Å². The number of hydrogen-bond donors (Lipinski definition) is 0. The van der Waals surface area contributed by atoms with Crippen LogP contribution < -0.4 is 4.74 Å². The zero-order valence-corrected chi connectivity index (χ0v) is 10.1. The summed E-state index contributed by atoms with van der Waals surface area (Å²) in [7, 11) is 1.69. The molecule has 0 saturated heterocycles. The van der Waals surface area contributed by atoms with Gasteiger partial charge >= 0.3 is 0 Å². The van der Waals surface area contributed by atoms with Crippen LogP contribution in [-0.2, 0) is 6.42 Å². The molecule has 17 heavy (non-hydrogen) atoms. The SMILES string of the molecule is COc1ccc(CC2CC3CC3(C#N)C2)cc1. The molecule has 2 aliphatic rings. The van der Waals surface area contributed by atoms with Gasteiger partial charge in [-0.25, -0.2) is 0 Å². The Morgan fingerprint density at radius 2 is 2.12 bits per heavy atom. The second kappa shape index (κ2) is 3.77. The smallest absolute Gasteiger partial charge is 0.118 e. The molecule has 0 aliphatic heterocycles. The van der Waals surface area contributed by atoms with Crippen molar-refractivity contribution in [1.82, 2.24) is 0 Å². The Morgan fingerprint density at radius 3 is 2.71 bits per heavy atom. The van der Waals surface area contributed by atoms with Crippen LogP contribution in [0.3, 0.4) is 0 Å². The number of ether oxygens (including phenoxy) is 1. The summed E-state index contributed by atoms with van der Waals surface area (Å²) in [6.07, 6.45) is 4.63. The third-order valence-corrected chi connectivity index (χ3v) is 4.41. The number of nitriles is 1. The highest BCUT2D eigenvalue weighted by atomic mass is 16.5. The van der Waals surface area contributed by atoms with E-state index in [1.807, 2.05) is 12.1 Å². The van der Waals surface area contributed by atoms with Crippen LogP contribution in [0.4, 0.5) is 0 Å². The van der Waals surface area contributed by atoms with E-state index in [1.54, 1.807) is 7.11 Å². The maximum Gasteiger partial charge on any atom is 0.118 e. The first-order valence-corrected chi connectivity index (χ1v) is 6.30. The van der Waals surface area contributed by atoms with Gasteiger partial charge in [0.25, 0.3) is 0 Å². The highest BCUT2D eigenvalue weighted by Crippen LogP contribution is 2.65. The number of methoxy groups -OCH3 is 1. The average Bonchev–Trinajstić information content (AvgIpc) is 2.93. The van der Waals surface area contributed by atoms with Crippen molar-refractivity contribution in [3.8, 4) is 11.8 Å². The number of hydrogen-bond acceptors (Lipinski definition) is 2. The van der Waals surface area contributed by atoms with Crippen molar-refractivity contribution in [3.05, 3.63) is 29.8 Å². The molecule has 3 unspecified atom stereocenters. The molecule has 0 amide bonds. The summed E-state index contributed by atoms with van der Waals surface area (Å²) in [5.74, 6) is 2.33. The predicted octanol–water partition coefficient (Wildman–Crippen LogP) is 3.18. The van der Waals surface area contributed by atoms with Gasteiger partial charge in [0, 0.05) is 0 Å². The highest BCUT2D eigenvalue weighted by molar-refractivity contribution is 5.28. The summed E-state index contributed by atoms with van der Waals surface area (Å²) in [6, 6.07) is 10.8. The molecule has 3 rings (SSSR count). The van der Waals surface area contributed by atoms with Gasteiger partial charge in [0.2, 0.25) is 0 Å². The van der Waals surface area contributed by atoms with E-state index in [1.165, 1.54) is 12.0 Å². The Labute approximate surface area is 102 Å². The average molecular weight is 227 g/mol. The maximum atomic E-state index is 9.15. The van der Waals surface area contributed by atoms with Crippen molar-refractivity contribution >= 4 is 0 Å². The van der Waals surface area contributed by atoms with E-state index in [2.05, 4.69) is 18.2 Å². The summed E-state index contributed by atoms with van der Waals surface area (Å²) >= 11 is 0. The summed E-state index contributed by atoms with van der Waals surface area (Å²) in [5.41, 5.74) is 1.45. The quantitative estimate of drug-likeness (QED) is 0.794. The third kappa shape index (κ3) is 1.80. The Bertz CT molecular complexity index is 459. The molecule has 2 fully saturated rings. The molecular formula is C15H17NO. The van der Waals surface area contributed by atoms with Crippen LogP contribution in [0.15, 0.2) is 24.3 Å². The number of rotatable bonds is 3. The van der Waals surface area contributed by atoms with Crippen LogP contribution in [0.5, 0.6) is 5.75 Å². The lowest BCUT2D eigenvalue weighted by Crippen LogP contribution is -2.04. The number of nitrogens with zero attached hydrogens (tertiary/aromatic N) is 1. The van der Waals surface area contributed by atoms with Gasteiger partial charge in [-0.05, 0) is 55.2 Å². The summed E-state index contributed by atoms with van der Waals surface area (Å²) in [4.78, 5) is 0. The normalized spacial score (nSPS) is 33.9. The first-order chi connectivity index (χ1) is 8.25.